The van der Waals surface area contributed by atoms with E-state index in [-0.39, 0.29) is 11.4 Å². The Morgan fingerprint density at radius 3 is 2.61 bits per heavy atom. The minimum atomic E-state index is -4.44. The number of alkyl halides is 3. The fourth-order valence-electron chi connectivity index (χ4n) is 3.28. The molecular weight excluding hydrogens is 377 g/mol. The number of benzene rings is 1. The van der Waals surface area contributed by atoms with Gasteiger partial charge in [-0.25, -0.2) is 0 Å². The van der Waals surface area contributed by atoms with E-state index < -0.39 is 23.8 Å². The lowest BCUT2D eigenvalue weighted by Gasteiger charge is -2.36. The Morgan fingerprint density at radius 2 is 2.00 bits per heavy atom. The number of hydrogen-bond acceptors (Lipinski definition) is 6. The van der Waals surface area contributed by atoms with Gasteiger partial charge in [0.05, 0.1) is 12.1 Å². The minimum absolute atomic E-state index is 0.108. The maximum absolute atomic E-state index is 12.9. The van der Waals surface area contributed by atoms with Crippen molar-refractivity contribution < 1.29 is 27.6 Å². The Hall–Kier alpha value is -2.46. The van der Waals surface area contributed by atoms with Crippen LogP contribution in [0, 0.1) is 0 Å². The number of halogens is 3. The van der Waals surface area contributed by atoms with E-state index in [1.165, 1.54) is 12.1 Å². The molecule has 1 aliphatic rings. The fourth-order valence-corrected chi connectivity index (χ4v) is 3.28. The second kappa shape index (κ2) is 8.27. The van der Waals surface area contributed by atoms with Gasteiger partial charge in [-0.2, -0.15) is 18.2 Å². The van der Waals surface area contributed by atoms with Crippen molar-refractivity contribution in [1.29, 1.82) is 0 Å². The molecule has 0 aliphatic carbocycles. The van der Waals surface area contributed by atoms with E-state index in [0.717, 1.165) is 12.1 Å². The third-order valence-corrected chi connectivity index (χ3v) is 4.79. The summed E-state index contributed by atoms with van der Waals surface area (Å²) >= 11 is 0. The van der Waals surface area contributed by atoms with Crippen molar-refractivity contribution in [3.8, 4) is 11.4 Å². The molecule has 1 saturated heterocycles. The molecule has 1 unspecified atom stereocenters. The Morgan fingerprint density at radius 1 is 1.29 bits per heavy atom. The first kappa shape index (κ1) is 20.3. The van der Waals surface area contributed by atoms with Gasteiger partial charge in [0.25, 0.3) is 0 Å². The van der Waals surface area contributed by atoms with Gasteiger partial charge in [-0.05, 0) is 18.6 Å². The molecule has 152 valence electrons. The van der Waals surface area contributed by atoms with Crippen LogP contribution in [0.3, 0.4) is 0 Å². The highest BCUT2D eigenvalue weighted by molar-refractivity contribution is 5.73. The number of hydrogen-bond donors (Lipinski definition) is 1. The van der Waals surface area contributed by atoms with Crippen molar-refractivity contribution in [3.05, 3.63) is 35.7 Å². The molecule has 10 heteroatoms. The molecule has 1 N–H and O–H groups in total. The maximum atomic E-state index is 12.9. The second-order valence-electron chi connectivity index (χ2n) is 6.66. The first-order valence-corrected chi connectivity index (χ1v) is 8.97. The second-order valence-corrected chi connectivity index (χ2v) is 6.66. The van der Waals surface area contributed by atoms with Crippen molar-refractivity contribution in [2.24, 2.45) is 0 Å². The molecule has 1 aliphatic heterocycles. The molecular formula is C18H21F3N4O3. The van der Waals surface area contributed by atoms with Crippen molar-refractivity contribution in [2.75, 3.05) is 26.2 Å². The molecule has 2 heterocycles. The summed E-state index contributed by atoms with van der Waals surface area (Å²) < 4.78 is 43.7. The van der Waals surface area contributed by atoms with E-state index in [9.17, 15) is 23.1 Å². The summed E-state index contributed by atoms with van der Waals surface area (Å²) in [6, 6.07) is 4.30. The van der Waals surface area contributed by atoms with Crippen molar-refractivity contribution >= 4 is 5.97 Å². The normalized spacial score (nSPS) is 17.6. The highest BCUT2D eigenvalue weighted by Crippen LogP contribution is 2.31. The van der Waals surface area contributed by atoms with Crippen molar-refractivity contribution in [1.82, 2.24) is 19.9 Å². The van der Waals surface area contributed by atoms with Gasteiger partial charge in [-0.15, -0.1) is 0 Å². The summed E-state index contributed by atoms with van der Waals surface area (Å²) in [7, 11) is 0. The molecule has 1 aromatic heterocycles. The van der Waals surface area contributed by atoms with Gasteiger partial charge < -0.3 is 9.63 Å². The van der Waals surface area contributed by atoms with Crippen LogP contribution in [0.2, 0.25) is 0 Å². The summed E-state index contributed by atoms with van der Waals surface area (Å²) in [5, 5.41) is 13.0. The van der Waals surface area contributed by atoms with Gasteiger partial charge in [0.2, 0.25) is 11.7 Å². The van der Waals surface area contributed by atoms with Crippen molar-refractivity contribution in [3.63, 3.8) is 0 Å². The lowest BCUT2D eigenvalue weighted by Crippen LogP contribution is -2.52. The van der Waals surface area contributed by atoms with Gasteiger partial charge in [0.1, 0.15) is 6.04 Å². The smallest absolute Gasteiger partial charge is 0.416 e. The molecule has 7 nitrogen and oxygen atoms in total. The van der Waals surface area contributed by atoms with Crippen LogP contribution in [0.5, 0.6) is 0 Å². The summed E-state index contributed by atoms with van der Waals surface area (Å²) in [6.45, 7) is 4.72. The lowest BCUT2D eigenvalue weighted by atomic mass is 10.1. The number of piperazine rings is 1. The highest BCUT2D eigenvalue weighted by atomic mass is 19.4. The molecule has 28 heavy (non-hydrogen) atoms. The number of aromatic nitrogens is 2. The average Bonchev–Trinajstić information content (AvgIpc) is 3.11. The molecule has 0 amide bonds. The molecule has 1 atom stereocenters. The van der Waals surface area contributed by atoms with Gasteiger partial charge in [0.15, 0.2) is 0 Å². The predicted molar refractivity (Wildman–Crippen MR) is 93.3 cm³/mol. The zero-order chi connectivity index (χ0) is 20.3. The minimum Gasteiger partial charge on any atom is -0.480 e. The summed E-state index contributed by atoms with van der Waals surface area (Å²) in [6.07, 6.45) is -3.89. The van der Waals surface area contributed by atoms with E-state index in [2.05, 4.69) is 15.0 Å². The van der Waals surface area contributed by atoms with E-state index in [0.29, 0.717) is 45.0 Å². The maximum Gasteiger partial charge on any atom is 0.416 e. The van der Waals surface area contributed by atoms with Crippen molar-refractivity contribution in [2.45, 2.75) is 32.1 Å². The Kier molecular flexibility index (Phi) is 5.99. The zero-order valence-electron chi connectivity index (χ0n) is 15.3. The van der Waals surface area contributed by atoms with Gasteiger partial charge in [-0.1, -0.05) is 24.2 Å². The van der Waals surface area contributed by atoms with E-state index >= 15 is 0 Å². The zero-order valence-corrected chi connectivity index (χ0v) is 15.3. The number of carboxylic acids is 1. The standard InChI is InChI=1S/C18H21F3N4O3/c1-2-14(17(26)27)25-8-6-24(7-9-25)11-15-22-16(23-28-15)12-4-3-5-13(10-12)18(19,20)21/h3-5,10,14H,2,6-9,11H2,1H3,(H,26,27). The van der Waals surface area contributed by atoms with Crippen LogP contribution in [-0.2, 0) is 17.5 Å². The summed E-state index contributed by atoms with van der Waals surface area (Å²) in [5.74, 6) is -0.402. The number of carboxylic acid groups (broad SMARTS) is 1. The Bertz CT molecular complexity index is 816. The number of carbonyl (C=O) groups is 1. The third-order valence-electron chi connectivity index (χ3n) is 4.79. The molecule has 0 saturated carbocycles. The van der Waals surface area contributed by atoms with Crippen LogP contribution >= 0.6 is 0 Å². The predicted octanol–water partition coefficient (Wildman–Crippen LogP) is 2.74. The summed E-state index contributed by atoms with van der Waals surface area (Å²) in [4.78, 5) is 19.4. The quantitative estimate of drug-likeness (QED) is 0.801. The van der Waals surface area contributed by atoms with E-state index in [1.807, 2.05) is 11.8 Å². The Balaban J connectivity index is 1.61. The molecule has 0 spiro atoms. The average molecular weight is 398 g/mol. The first-order chi connectivity index (χ1) is 13.3. The van der Waals surface area contributed by atoms with Crippen LogP contribution in [-0.4, -0.2) is 63.2 Å². The third kappa shape index (κ3) is 4.68. The topological polar surface area (TPSA) is 82.7 Å². The largest absolute Gasteiger partial charge is 0.480 e. The molecule has 2 aromatic rings. The molecule has 3 rings (SSSR count). The van der Waals surface area contributed by atoms with E-state index in [1.54, 1.807) is 0 Å². The molecule has 0 bridgehead atoms. The first-order valence-electron chi connectivity index (χ1n) is 8.97. The molecule has 0 radical (unpaired) electrons. The fraction of sp³-hybridized carbons (Fsp3) is 0.500. The number of rotatable bonds is 6. The monoisotopic (exact) mass is 398 g/mol. The Labute approximate surface area is 159 Å². The van der Waals surface area contributed by atoms with Crippen LogP contribution in [0.1, 0.15) is 24.8 Å². The highest BCUT2D eigenvalue weighted by Gasteiger charge is 2.31. The van der Waals surface area contributed by atoms with Gasteiger partial charge in [-0.3, -0.25) is 14.6 Å². The number of aliphatic carboxylic acids is 1. The van der Waals surface area contributed by atoms with Gasteiger partial charge >= 0.3 is 12.1 Å². The SMILES string of the molecule is CCC(C(=O)O)N1CCN(Cc2nc(-c3cccc(C(F)(F)F)c3)no2)CC1. The summed E-state index contributed by atoms with van der Waals surface area (Å²) in [5.41, 5.74) is -0.529. The van der Waals surface area contributed by atoms with Crippen LogP contribution in [0.4, 0.5) is 13.2 Å². The number of nitrogens with zero attached hydrogens (tertiary/aromatic N) is 4. The van der Waals surface area contributed by atoms with Gasteiger partial charge in [0, 0.05) is 31.7 Å². The van der Waals surface area contributed by atoms with Crippen LogP contribution in [0.15, 0.2) is 28.8 Å². The van der Waals surface area contributed by atoms with E-state index in [4.69, 9.17) is 4.52 Å². The lowest BCUT2D eigenvalue weighted by molar-refractivity contribution is -0.144. The molecule has 1 fully saturated rings. The van der Waals surface area contributed by atoms with Crippen LogP contribution < -0.4 is 0 Å². The van der Waals surface area contributed by atoms with Crippen LogP contribution in [0.25, 0.3) is 11.4 Å². The molecule has 1 aromatic carbocycles.